The fourth-order valence-corrected chi connectivity index (χ4v) is 4.21. The molecule has 0 spiro atoms. The van der Waals surface area contributed by atoms with E-state index in [0.717, 1.165) is 64.2 Å². The normalized spacial score (nSPS) is 11.9. The number of carbonyl (C=O) groups is 4. The van der Waals surface area contributed by atoms with Gasteiger partial charge < -0.3 is 18.9 Å². The summed E-state index contributed by atoms with van der Waals surface area (Å²) < 4.78 is 20.6. The highest BCUT2D eigenvalue weighted by atomic mass is 16.7. The van der Waals surface area contributed by atoms with Crippen molar-refractivity contribution in [3.05, 3.63) is 58.7 Å². The molecule has 0 amide bonds. The zero-order chi connectivity index (χ0) is 27.3. The number of unbranched alkanes of at least 4 members (excludes halogenated alkanes) is 8. The van der Waals surface area contributed by atoms with E-state index in [-0.39, 0.29) is 47.0 Å². The Bertz CT molecular complexity index is 1050. The second-order valence-corrected chi connectivity index (χ2v) is 9.30. The molecule has 38 heavy (non-hydrogen) atoms. The largest absolute Gasteiger partial charge is 0.513 e. The van der Waals surface area contributed by atoms with Crippen molar-refractivity contribution >= 4 is 23.9 Å². The van der Waals surface area contributed by atoms with Crippen LogP contribution < -0.4 is 9.47 Å². The van der Waals surface area contributed by atoms with Crippen molar-refractivity contribution < 1.29 is 38.1 Å². The quantitative estimate of drug-likeness (QED) is 0.122. The van der Waals surface area contributed by atoms with Crippen LogP contribution in [0.2, 0.25) is 0 Å². The standard InChI is InChI=1S/C30H36O8/c1-3-5-7-9-11-17-35-29(33)37-21-13-15-23-25(19-21)27(31)24-16-14-22(20-26(24)28(23)32)38-30(34)36-18-12-10-8-6-4-2/h13-16,19-20H,3-12,17-18H2,1-2H3. The lowest BCUT2D eigenvalue weighted by Gasteiger charge is -2.18. The molecule has 0 unspecified atom stereocenters. The predicted molar refractivity (Wildman–Crippen MR) is 141 cm³/mol. The Hall–Kier alpha value is -3.68. The molecule has 8 nitrogen and oxygen atoms in total. The Labute approximate surface area is 223 Å². The van der Waals surface area contributed by atoms with Gasteiger partial charge >= 0.3 is 12.3 Å². The number of rotatable bonds is 14. The van der Waals surface area contributed by atoms with Crippen LogP contribution in [-0.2, 0) is 9.47 Å². The summed E-state index contributed by atoms with van der Waals surface area (Å²) >= 11 is 0. The lowest BCUT2D eigenvalue weighted by Crippen LogP contribution is -2.22. The van der Waals surface area contributed by atoms with Crippen LogP contribution in [0.4, 0.5) is 9.59 Å². The summed E-state index contributed by atoms with van der Waals surface area (Å²) in [7, 11) is 0. The molecule has 0 radical (unpaired) electrons. The minimum atomic E-state index is -0.856. The van der Waals surface area contributed by atoms with Gasteiger partial charge in [-0.05, 0) is 49.2 Å². The number of carbonyl (C=O) groups excluding carboxylic acids is 4. The van der Waals surface area contributed by atoms with Gasteiger partial charge in [0.2, 0.25) is 0 Å². The van der Waals surface area contributed by atoms with Crippen LogP contribution in [0.25, 0.3) is 0 Å². The number of benzene rings is 2. The molecule has 1 aliphatic rings. The zero-order valence-electron chi connectivity index (χ0n) is 22.2. The Morgan fingerprint density at radius 1 is 0.553 bits per heavy atom. The summed E-state index contributed by atoms with van der Waals surface area (Å²) in [6.45, 7) is 4.78. The molecule has 204 valence electrons. The van der Waals surface area contributed by atoms with E-state index in [9.17, 15) is 19.2 Å². The maximum atomic E-state index is 13.1. The van der Waals surface area contributed by atoms with Gasteiger partial charge in [-0.1, -0.05) is 65.2 Å². The van der Waals surface area contributed by atoms with Crippen molar-refractivity contribution in [2.24, 2.45) is 0 Å². The zero-order valence-corrected chi connectivity index (χ0v) is 22.2. The maximum absolute atomic E-state index is 13.1. The number of ketones is 2. The third-order valence-corrected chi connectivity index (χ3v) is 6.30. The van der Waals surface area contributed by atoms with Crippen molar-refractivity contribution in [2.75, 3.05) is 13.2 Å². The van der Waals surface area contributed by atoms with Crippen LogP contribution in [0, 0.1) is 0 Å². The molecule has 0 saturated carbocycles. The van der Waals surface area contributed by atoms with Crippen molar-refractivity contribution in [3.8, 4) is 11.5 Å². The molecule has 0 heterocycles. The minimum absolute atomic E-state index is 0.113. The summed E-state index contributed by atoms with van der Waals surface area (Å²) in [4.78, 5) is 50.3. The fourth-order valence-electron chi connectivity index (χ4n) is 4.21. The summed E-state index contributed by atoms with van der Waals surface area (Å²) in [5, 5.41) is 0. The molecule has 0 saturated heterocycles. The van der Waals surface area contributed by atoms with Crippen molar-refractivity contribution in [1.82, 2.24) is 0 Å². The Morgan fingerprint density at radius 2 is 0.947 bits per heavy atom. The van der Waals surface area contributed by atoms with E-state index in [2.05, 4.69) is 13.8 Å². The van der Waals surface area contributed by atoms with Gasteiger partial charge in [-0.25, -0.2) is 9.59 Å². The second kappa shape index (κ2) is 14.9. The van der Waals surface area contributed by atoms with Crippen molar-refractivity contribution in [1.29, 1.82) is 0 Å². The first-order valence-electron chi connectivity index (χ1n) is 13.5. The highest BCUT2D eigenvalue weighted by molar-refractivity contribution is 6.28. The van der Waals surface area contributed by atoms with E-state index in [4.69, 9.17) is 18.9 Å². The topological polar surface area (TPSA) is 105 Å². The average Bonchev–Trinajstić information content (AvgIpc) is 2.91. The van der Waals surface area contributed by atoms with Gasteiger partial charge in [-0.15, -0.1) is 0 Å². The first-order valence-corrected chi connectivity index (χ1v) is 13.5. The van der Waals surface area contributed by atoms with Crippen LogP contribution in [-0.4, -0.2) is 37.1 Å². The fraction of sp³-hybridized carbons (Fsp3) is 0.467. The molecule has 0 fully saturated rings. The maximum Gasteiger partial charge on any atom is 0.513 e. The van der Waals surface area contributed by atoms with E-state index in [1.807, 2.05) is 0 Å². The van der Waals surface area contributed by atoms with Crippen molar-refractivity contribution in [3.63, 3.8) is 0 Å². The lowest BCUT2D eigenvalue weighted by atomic mass is 9.84. The van der Waals surface area contributed by atoms with Crippen LogP contribution >= 0.6 is 0 Å². The van der Waals surface area contributed by atoms with Gasteiger partial charge in [0, 0.05) is 22.3 Å². The van der Waals surface area contributed by atoms with E-state index in [1.165, 1.54) is 36.4 Å². The molecule has 0 atom stereocenters. The molecule has 2 aromatic carbocycles. The van der Waals surface area contributed by atoms with E-state index >= 15 is 0 Å². The summed E-state index contributed by atoms with van der Waals surface area (Å²) in [6, 6.07) is 8.48. The second-order valence-electron chi connectivity index (χ2n) is 9.30. The van der Waals surface area contributed by atoms with Crippen LogP contribution in [0.1, 0.15) is 110 Å². The first-order chi connectivity index (χ1) is 18.4. The molecule has 8 heteroatoms. The molecule has 3 rings (SSSR count). The third kappa shape index (κ3) is 8.16. The van der Waals surface area contributed by atoms with E-state index in [0.29, 0.717) is 0 Å². The molecular formula is C30H36O8. The highest BCUT2D eigenvalue weighted by Gasteiger charge is 2.31. The number of hydrogen-bond donors (Lipinski definition) is 0. The van der Waals surface area contributed by atoms with Gasteiger partial charge in [0.05, 0.1) is 13.2 Å². The van der Waals surface area contributed by atoms with Gasteiger partial charge in [-0.3, -0.25) is 9.59 Å². The van der Waals surface area contributed by atoms with Crippen LogP contribution in [0.5, 0.6) is 11.5 Å². The van der Waals surface area contributed by atoms with E-state index in [1.54, 1.807) is 0 Å². The smallest absolute Gasteiger partial charge is 0.434 e. The average molecular weight is 525 g/mol. The highest BCUT2D eigenvalue weighted by Crippen LogP contribution is 2.32. The van der Waals surface area contributed by atoms with Crippen LogP contribution in [0.3, 0.4) is 0 Å². The lowest BCUT2D eigenvalue weighted by molar-refractivity contribution is 0.0949. The number of hydrogen-bond acceptors (Lipinski definition) is 8. The molecular weight excluding hydrogens is 488 g/mol. The minimum Gasteiger partial charge on any atom is -0.434 e. The molecule has 0 aliphatic heterocycles. The molecule has 2 aromatic rings. The monoisotopic (exact) mass is 524 g/mol. The Morgan fingerprint density at radius 3 is 1.34 bits per heavy atom. The van der Waals surface area contributed by atoms with Gasteiger partial charge in [0.15, 0.2) is 11.6 Å². The Balaban J connectivity index is 1.57. The molecule has 1 aliphatic carbocycles. The number of ether oxygens (including phenoxy) is 4. The van der Waals surface area contributed by atoms with Gasteiger partial charge in [0.1, 0.15) is 11.5 Å². The van der Waals surface area contributed by atoms with E-state index < -0.39 is 23.9 Å². The molecule has 0 N–H and O–H groups in total. The molecule has 0 aromatic heterocycles. The Kier molecular flexibility index (Phi) is 11.3. The SMILES string of the molecule is CCCCCCCOC(=O)Oc1ccc2c(c1)C(=O)c1ccc(OC(=O)OCCCCCCC)cc1C2=O. The number of fused-ring (bicyclic) bond motifs is 2. The summed E-state index contributed by atoms with van der Waals surface area (Å²) in [5.74, 6) is -0.570. The summed E-state index contributed by atoms with van der Waals surface area (Å²) in [5.41, 5.74) is 0.601. The predicted octanol–water partition coefficient (Wildman–Crippen LogP) is 7.43. The van der Waals surface area contributed by atoms with Crippen LogP contribution in [0.15, 0.2) is 36.4 Å². The first kappa shape index (κ1) is 28.9. The summed E-state index contributed by atoms with van der Waals surface area (Å²) in [6.07, 6.45) is 8.50. The van der Waals surface area contributed by atoms with Gasteiger partial charge in [0.25, 0.3) is 0 Å². The molecule has 0 bridgehead atoms. The van der Waals surface area contributed by atoms with Gasteiger partial charge in [-0.2, -0.15) is 0 Å². The van der Waals surface area contributed by atoms with Crippen molar-refractivity contribution in [2.45, 2.75) is 78.1 Å². The third-order valence-electron chi connectivity index (χ3n) is 6.30.